The summed E-state index contributed by atoms with van der Waals surface area (Å²) in [5.41, 5.74) is 2.35. The summed E-state index contributed by atoms with van der Waals surface area (Å²) >= 11 is 3.51. The molecule has 0 bridgehead atoms. The summed E-state index contributed by atoms with van der Waals surface area (Å²) in [6.45, 7) is 0.383. The van der Waals surface area contributed by atoms with E-state index in [0.717, 1.165) is 5.56 Å². The molecule has 5 nitrogen and oxygen atoms in total. The van der Waals surface area contributed by atoms with E-state index in [1.807, 2.05) is 30.3 Å². The van der Waals surface area contributed by atoms with Gasteiger partial charge in [0.1, 0.15) is 12.4 Å². The summed E-state index contributed by atoms with van der Waals surface area (Å²) in [5.74, 6) is 0.226. The molecule has 0 fully saturated rings. The molecule has 0 saturated carbocycles. The number of benzene rings is 3. The SMILES string of the molecule is COc1cc(/C=C2\N=C(c3ccc(F)cc3)OC2=O)cc(Br)c1OCc1ccccc1. The van der Waals surface area contributed by atoms with Crippen molar-refractivity contribution in [1.82, 2.24) is 0 Å². The van der Waals surface area contributed by atoms with E-state index in [1.165, 1.54) is 24.3 Å². The normalized spacial score (nSPS) is 14.4. The summed E-state index contributed by atoms with van der Waals surface area (Å²) in [7, 11) is 1.54. The van der Waals surface area contributed by atoms with Crippen molar-refractivity contribution in [3.63, 3.8) is 0 Å². The molecule has 0 unspecified atom stereocenters. The van der Waals surface area contributed by atoms with E-state index >= 15 is 0 Å². The Hall–Kier alpha value is -3.45. The Morgan fingerprint density at radius 3 is 2.55 bits per heavy atom. The average Bonchev–Trinajstić information content (AvgIpc) is 3.14. The van der Waals surface area contributed by atoms with E-state index in [1.54, 1.807) is 25.3 Å². The van der Waals surface area contributed by atoms with Crippen molar-refractivity contribution in [3.8, 4) is 11.5 Å². The minimum Gasteiger partial charge on any atom is -0.493 e. The number of cyclic esters (lactones) is 1. The molecule has 0 radical (unpaired) electrons. The van der Waals surface area contributed by atoms with Crippen LogP contribution >= 0.6 is 15.9 Å². The summed E-state index contributed by atoms with van der Waals surface area (Å²) in [4.78, 5) is 16.5. The lowest BCUT2D eigenvalue weighted by Gasteiger charge is -2.13. The molecule has 7 heteroatoms. The van der Waals surface area contributed by atoms with Gasteiger partial charge in [-0.2, -0.15) is 0 Å². The molecular formula is C24H17BrFNO4. The van der Waals surface area contributed by atoms with Crippen LogP contribution < -0.4 is 9.47 Å². The minimum absolute atomic E-state index is 0.130. The van der Waals surface area contributed by atoms with Crippen LogP contribution in [0.15, 0.2) is 81.9 Å². The van der Waals surface area contributed by atoms with Crippen LogP contribution in [0, 0.1) is 5.82 Å². The number of ether oxygens (including phenoxy) is 3. The van der Waals surface area contributed by atoms with Crippen molar-refractivity contribution in [2.24, 2.45) is 4.99 Å². The van der Waals surface area contributed by atoms with Gasteiger partial charge in [0.05, 0.1) is 11.6 Å². The Bertz CT molecular complexity index is 1170. The predicted octanol–water partition coefficient (Wildman–Crippen LogP) is 5.52. The largest absolute Gasteiger partial charge is 0.493 e. The summed E-state index contributed by atoms with van der Waals surface area (Å²) < 4.78 is 30.4. The van der Waals surface area contributed by atoms with Gasteiger partial charge in [0.2, 0.25) is 5.90 Å². The molecule has 1 aliphatic rings. The highest BCUT2D eigenvalue weighted by molar-refractivity contribution is 9.10. The van der Waals surface area contributed by atoms with Gasteiger partial charge in [-0.15, -0.1) is 0 Å². The number of carbonyl (C=O) groups excluding carboxylic acids is 1. The molecule has 0 aromatic heterocycles. The Morgan fingerprint density at radius 2 is 1.84 bits per heavy atom. The lowest BCUT2D eigenvalue weighted by Crippen LogP contribution is -2.05. The molecule has 1 heterocycles. The summed E-state index contributed by atoms with van der Waals surface area (Å²) in [6.07, 6.45) is 1.59. The molecule has 3 aromatic rings. The molecule has 0 amide bonds. The number of rotatable bonds is 6. The van der Waals surface area contributed by atoms with Crippen LogP contribution in [0.5, 0.6) is 11.5 Å². The highest BCUT2D eigenvalue weighted by Gasteiger charge is 2.24. The first-order chi connectivity index (χ1) is 15.0. The molecule has 0 N–H and O–H groups in total. The molecule has 4 rings (SSSR count). The van der Waals surface area contributed by atoms with E-state index in [-0.39, 0.29) is 17.4 Å². The van der Waals surface area contributed by atoms with Crippen LogP contribution in [0.2, 0.25) is 0 Å². The Morgan fingerprint density at radius 1 is 1.10 bits per heavy atom. The van der Waals surface area contributed by atoms with Gasteiger partial charge >= 0.3 is 5.97 Å². The topological polar surface area (TPSA) is 57.1 Å². The molecule has 31 heavy (non-hydrogen) atoms. The number of carbonyl (C=O) groups is 1. The van der Waals surface area contributed by atoms with Gasteiger partial charge in [0.25, 0.3) is 0 Å². The molecule has 0 saturated heterocycles. The van der Waals surface area contributed by atoms with Gasteiger partial charge in [-0.25, -0.2) is 14.2 Å². The average molecular weight is 482 g/mol. The first-order valence-electron chi connectivity index (χ1n) is 9.36. The minimum atomic E-state index is -0.584. The van der Waals surface area contributed by atoms with Gasteiger partial charge in [0, 0.05) is 5.56 Å². The first-order valence-corrected chi connectivity index (χ1v) is 10.2. The summed E-state index contributed by atoms with van der Waals surface area (Å²) in [6, 6.07) is 18.9. The van der Waals surface area contributed by atoms with Crippen LogP contribution in [0.1, 0.15) is 16.7 Å². The second kappa shape index (κ2) is 9.14. The number of nitrogens with zero attached hydrogens (tertiary/aromatic N) is 1. The fourth-order valence-corrected chi connectivity index (χ4v) is 3.55. The number of esters is 1. The Balaban J connectivity index is 1.59. The van der Waals surface area contributed by atoms with Crippen LogP contribution in [0.25, 0.3) is 6.08 Å². The van der Waals surface area contributed by atoms with E-state index in [0.29, 0.717) is 33.7 Å². The number of hydrogen-bond acceptors (Lipinski definition) is 5. The van der Waals surface area contributed by atoms with E-state index in [4.69, 9.17) is 14.2 Å². The second-order valence-electron chi connectivity index (χ2n) is 6.65. The maximum absolute atomic E-state index is 13.1. The maximum Gasteiger partial charge on any atom is 0.363 e. The fraction of sp³-hybridized carbons (Fsp3) is 0.0833. The number of methoxy groups -OCH3 is 1. The fourth-order valence-electron chi connectivity index (χ4n) is 2.98. The van der Waals surface area contributed by atoms with Crippen molar-refractivity contribution in [1.29, 1.82) is 0 Å². The predicted molar refractivity (Wildman–Crippen MR) is 118 cm³/mol. The zero-order chi connectivity index (χ0) is 21.8. The maximum atomic E-state index is 13.1. The molecule has 0 atom stereocenters. The van der Waals surface area contributed by atoms with Gasteiger partial charge in [-0.3, -0.25) is 0 Å². The Labute approximate surface area is 186 Å². The lowest BCUT2D eigenvalue weighted by molar-refractivity contribution is -0.129. The van der Waals surface area contributed by atoms with Crippen LogP contribution in [0.3, 0.4) is 0 Å². The van der Waals surface area contributed by atoms with E-state index in [2.05, 4.69) is 20.9 Å². The third-order valence-electron chi connectivity index (χ3n) is 4.49. The van der Waals surface area contributed by atoms with Crippen LogP contribution in [-0.2, 0) is 16.1 Å². The third-order valence-corrected chi connectivity index (χ3v) is 5.08. The van der Waals surface area contributed by atoms with Gasteiger partial charge in [-0.1, -0.05) is 30.3 Å². The smallest absolute Gasteiger partial charge is 0.363 e. The van der Waals surface area contributed by atoms with Crippen LogP contribution in [0.4, 0.5) is 4.39 Å². The zero-order valence-corrected chi connectivity index (χ0v) is 18.1. The zero-order valence-electron chi connectivity index (χ0n) is 16.5. The van der Waals surface area contributed by atoms with Gasteiger partial charge in [0.15, 0.2) is 17.2 Å². The standard InChI is InChI=1S/C24H17BrFNO4/c1-29-21-13-16(11-19(25)22(21)30-14-15-5-3-2-4-6-15)12-20-24(28)31-23(27-20)17-7-9-18(26)10-8-17/h2-13H,14H2,1H3/b20-12-. The van der Waals surface area contributed by atoms with E-state index in [9.17, 15) is 9.18 Å². The molecular weight excluding hydrogens is 465 g/mol. The molecule has 1 aliphatic heterocycles. The van der Waals surface area contributed by atoms with Crippen molar-refractivity contribution in [3.05, 3.63) is 99.4 Å². The van der Waals surface area contributed by atoms with Gasteiger partial charge in [-0.05, 0) is 69.5 Å². The highest BCUT2D eigenvalue weighted by Crippen LogP contribution is 2.38. The molecule has 156 valence electrons. The quantitative estimate of drug-likeness (QED) is 0.343. The number of halogens is 2. The number of aliphatic imine (C=N–C) groups is 1. The third kappa shape index (κ3) is 4.83. The van der Waals surface area contributed by atoms with Crippen molar-refractivity contribution in [2.75, 3.05) is 7.11 Å². The summed E-state index contributed by atoms with van der Waals surface area (Å²) in [5, 5.41) is 0. The number of hydrogen-bond donors (Lipinski definition) is 0. The van der Waals surface area contributed by atoms with Crippen molar-refractivity contribution < 1.29 is 23.4 Å². The van der Waals surface area contributed by atoms with Gasteiger partial charge < -0.3 is 14.2 Å². The van der Waals surface area contributed by atoms with Crippen LogP contribution in [-0.4, -0.2) is 19.0 Å². The molecule has 0 aliphatic carbocycles. The first kappa shape index (κ1) is 20.8. The van der Waals surface area contributed by atoms with Crippen molar-refractivity contribution >= 4 is 33.9 Å². The molecule has 0 spiro atoms. The van der Waals surface area contributed by atoms with E-state index < -0.39 is 5.97 Å². The second-order valence-corrected chi connectivity index (χ2v) is 7.51. The monoisotopic (exact) mass is 481 g/mol. The van der Waals surface area contributed by atoms with Crippen molar-refractivity contribution in [2.45, 2.75) is 6.61 Å². The lowest BCUT2D eigenvalue weighted by atomic mass is 10.1. The molecule has 3 aromatic carbocycles. The Kier molecular flexibility index (Phi) is 6.13. The highest BCUT2D eigenvalue weighted by atomic mass is 79.9.